The molecule has 0 aromatic heterocycles. The van der Waals surface area contributed by atoms with E-state index < -0.39 is 48.5 Å². The summed E-state index contributed by atoms with van der Waals surface area (Å²) in [6.45, 7) is 0.239. The van der Waals surface area contributed by atoms with Gasteiger partial charge in [-0.15, -0.1) is 0 Å². The van der Waals surface area contributed by atoms with Gasteiger partial charge in [-0.2, -0.15) is 0 Å². The lowest BCUT2D eigenvalue weighted by Crippen LogP contribution is -2.52. The highest BCUT2D eigenvalue weighted by molar-refractivity contribution is 5.91. The van der Waals surface area contributed by atoms with Crippen molar-refractivity contribution in [1.82, 2.24) is 16.0 Å². The molecule has 4 rings (SSSR count). The Morgan fingerprint density at radius 1 is 0.481 bits per heavy atom. The third kappa shape index (κ3) is 14.8. The van der Waals surface area contributed by atoms with Crippen LogP contribution in [-0.4, -0.2) is 48.7 Å². The van der Waals surface area contributed by atoms with Crippen LogP contribution in [0.25, 0.3) is 0 Å². The number of benzene rings is 4. The van der Waals surface area contributed by atoms with Crippen LogP contribution in [0.2, 0.25) is 0 Å². The Labute approximate surface area is 302 Å². The molecule has 2 atom stereocenters. The molecule has 4 aromatic carbocycles. The van der Waals surface area contributed by atoms with Gasteiger partial charge in [0.05, 0.1) is 6.42 Å². The minimum atomic E-state index is -1.41. The van der Waals surface area contributed by atoms with E-state index in [1.165, 1.54) is 0 Å². The Balaban J connectivity index is 1.36. The summed E-state index contributed by atoms with van der Waals surface area (Å²) < 4.78 is 21.4. The van der Waals surface area contributed by atoms with Crippen molar-refractivity contribution < 1.29 is 42.9 Å². The molecule has 0 aliphatic rings. The summed E-state index contributed by atoms with van der Waals surface area (Å²) in [6, 6.07) is 33.7. The summed E-state index contributed by atoms with van der Waals surface area (Å²) in [5.41, 5.74) is 3.06. The number of ether oxygens (including phenoxy) is 4. The van der Waals surface area contributed by atoms with E-state index in [2.05, 4.69) is 16.0 Å². The van der Waals surface area contributed by atoms with Crippen molar-refractivity contribution in [3.05, 3.63) is 144 Å². The maximum atomic E-state index is 13.7. The largest absolute Gasteiger partial charge is 0.461 e. The maximum Gasteiger partial charge on any atom is 0.408 e. The molecule has 52 heavy (non-hydrogen) atoms. The van der Waals surface area contributed by atoms with Crippen LogP contribution in [-0.2, 0) is 59.8 Å². The predicted molar refractivity (Wildman–Crippen MR) is 191 cm³/mol. The molecule has 0 aliphatic carbocycles. The molecule has 0 aliphatic heterocycles. The SMILES string of the molecule is O=C(CC(NC(=O)C(CCCCNC(=O)OCc1ccccc1)NC(=O)OCc1ccccc1)C(=O)OCc1ccccc1)OCc1ccccc1. The predicted octanol–water partition coefficient (Wildman–Crippen LogP) is 5.74. The van der Waals surface area contributed by atoms with Gasteiger partial charge in [-0.1, -0.05) is 121 Å². The number of hydrogen-bond donors (Lipinski definition) is 3. The lowest BCUT2D eigenvalue weighted by molar-refractivity contribution is -0.155. The second-order valence-corrected chi connectivity index (χ2v) is 11.7. The number of carbonyl (C=O) groups is 5. The highest BCUT2D eigenvalue weighted by Crippen LogP contribution is 2.10. The number of unbranched alkanes of at least 4 members (excludes halogenated alkanes) is 1. The molecule has 0 fully saturated rings. The van der Waals surface area contributed by atoms with Gasteiger partial charge in [0.2, 0.25) is 5.91 Å². The van der Waals surface area contributed by atoms with Gasteiger partial charge < -0.3 is 34.9 Å². The van der Waals surface area contributed by atoms with E-state index in [1.54, 1.807) is 72.8 Å². The third-order valence-electron chi connectivity index (χ3n) is 7.66. The minimum Gasteiger partial charge on any atom is -0.461 e. The number of esters is 2. The van der Waals surface area contributed by atoms with Gasteiger partial charge in [0.25, 0.3) is 0 Å². The van der Waals surface area contributed by atoms with Crippen LogP contribution >= 0.6 is 0 Å². The van der Waals surface area contributed by atoms with Gasteiger partial charge in [-0.05, 0) is 41.5 Å². The van der Waals surface area contributed by atoms with Crippen LogP contribution < -0.4 is 16.0 Å². The lowest BCUT2D eigenvalue weighted by Gasteiger charge is -2.22. The molecule has 0 spiro atoms. The molecule has 4 aromatic rings. The molecule has 0 saturated carbocycles. The fraction of sp³-hybridized carbons (Fsp3) is 0.275. The minimum absolute atomic E-state index is 0.0231. The number of amides is 3. The fourth-order valence-electron chi connectivity index (χ4n) is 4.87. The highest BCUT2D eigenvalue weighted by atomic mass is 16.6. The van der Waals surface area contributed by atoms with Crippen molar-refractivity contribution in [3.8, 4) is 0 Å². The second-order valence-electron chi connectivity index (χ2n) is 11.7. The number of nitrogens with one attached hydrogen (secondary N) is 3. The number of rotatable bonds is 19. The molecule has 0 heterocycles. The van der Waals surface area contributed by atoms with Crippen molar-refractivity contribution in [1.29, 1.82) is 0 Å². The molecule has 3 amide bonds. The van der Waals surface area contributed by atoms with Crippen molar-refractivity contribution >= 4 is 30.0 Å². The summed E-state index contributed by atoms with van der Waals surface area (Å²) in [5, 5.41) is 7.82. The smallest absolute Gasteiger partial charge is 0.408 e. The molecule has 272 valence electrons. The summed E-state index contributed by atoms with van der Waals surface area (Å²) in [5.74, 6) is -2.32. The Hall–Kier alpha value is -6.17. The Kier molecular flexibility index (Phi) is 16.2. The standard InChI is InChI=1S/C40H43N3O9/c44-36(49-26-30-15-5-1-6-16-30)25-35(38(46)50-27-31-17-7-2-8-18-31)42-37(45)34(43-40(48)52-29-33-21-11-4-12-22-33)23-13-14-24-41-39(47)51-28-32-19-9-3-10-20-32/h1-12,15-22,34-35H,13-14,23-29H2,(H,41,47)(H,42,45)(H,43,48). The van der Waals surface area contributed by atoms with E-state index in [0.29, 0.717) is 18.4 Å². The molecule has 3 N–H and O–H groups in total. The number of hydrogen-bond acceptors (Lipinski definition) is 9. The van der Waals surface area contributed by atoms with Gasteiger partial charge in [-0.25, -0.2) is 14.4 Å². The molecule has 12 nitrogen and oxygen atoms in total. The molecule has 2 unspecified atom stereocenters. The first-order valence-electron chi connectivity index (χ1n) is 17.0. The van der Waals surface area contributed by atoms with Crippen molar-refractivity contribution in [2.75, 3.05) is 6.54 Å². The first-order valence-corrected chi connectivity index (χ1v) is 17.0. The Morgan fingerprint density at radius 3 is 1.42 bits per heavy atom. The Morgan fingerprint density at radius 2 is 0.923 bits per heavy atom. The van der Waals surface area contributed by atoms with Crippen molar-refractivity contribution in [2.45, 2.75) is 64.2 Å². The zero-order chi connectivity index (χ0) is 36.8. The monoisotopic (exact) mass is 709 g/mol. The van der Waals surface area contributed by atoms with Crippen molar-refractivity contribution in [3.63, 3.8) is 0 Å². The average Bonchev–Trinajstić information content (AvgIpc) is 3.18. The fourth-order valence-corrected chi connectivity index (χ4v) is 4.87. The van der Waals surface area contributed by atoms with E-state index >= 15 is 0 Å². The van der Waals surface area contributed by atoms with Gasteiger partial charge in [0.1, 0.15) is 38.5 Å². The van der Waals surface area contributed by atoms with Crippen LogP contribution in [0, 0.1) is 0 Å². The molecule has 0 saturated heterocycles. The van der Waals surface area contributed by atoms with Gasteiger partial charge >= 0.3 is 24.1 Å². The van der Waals surface area contributed by atoms with Gasteiger partial charge in [0, 0.05) is 6.54 Å². The molecular weight excluding hydrogens is 666 g/mol. The van der Waals surface area contributed by atoms with Crippen LogP contribution in [0.1, 0.15) is 47.9 Å². The zero-order valence-corrected chi connectivity index (χ0v) is 28.7. The van der Waals surface area contributed by atoms with Crippen LogP contribution in [0.4, 0.5) is 9.59 Å². The number of alkyl carbamates (subject to hydrolysis) is 2. The summed E-state index contributed by atoms with van der Waals surface area (Å²) >= 11 is 0. The molecular formula is C40H43N3O9. The van der Waals surface area contributed by atoms with Crippen LogP contribution in [0.3, 0.4) is 0 Å². The van der Waals surface area contributed by atoms with Gasteiger partial charge in [-0.3, -0.25) is 9.59 Å². The Bertz CT molecular complexity index is 1690. The maximum absolute atomic E-state index is 13.7. The number of carbonyl (C=O) groups excluding carboxylic acids is 5. The van der Waals surface area contributed by atoms with E-state index in [9.17, 15) is 24.0 Å². The van der Waals surface area contributed by atoms with E-state index in [4.69, 9.17) is 18.9 Å². The lowest BCUT2D eigenvalue weighted by atomic mass is 10.1. The summed E-state index contributed by atoms with van der Waals surface area (Å²) in [4.78, 5) is 64.8. The topological polar surface area (TPSA) is 158 Å². The van der Waals surface area contributed by atoms with Crippen LogP contribution in [0.5, 0.6) is 0 Å². The first kappa shape index (κ1) is 38.6. The third-order valence-corrected chi connectivity index (χ3v) is 7.66. The van der Waals surface area contributed by atoms with E-state index in [1.807, 2.05) is 48.5 Å². The second kappa shape index (κ2) is 21.8. The van der Waals surface area contributed by atoms with Gasteiger partial charge in [0.15, 0.2) is 0 Å². The normalized spacial score (nSPS) is 11.6. The molecule has 0 bridgehead atoms. The summed E-state index contributed by atoms with van der Waals surface area (Å²) in [7, 11) is 0. The zero-order valence-electron chi connectivity index (χ0n) is 28.7. The molecule has 0 radical (unpaired) electrons. The van der Waals surface area contributed by atoms with E-state index in [-0.39, 0.29) is 39.4 Å². The first-order chi connectivity index (χ1) is 25.4. The summed E-state index contributed by atoms with van der Waals surface area (Å²) in [6.07, 6.45) is -0.991. The molecule has 12 heteroatoms. The average molecular weight is 710 g/mol. The van der Waals surface area contributed by atoms with Crippen LogP contribution in [0.15, 0.2) is 121 Å². The van der Waals surface area contributed by atoms with E-state index in [0.717, 1.165) is 16.7 Å². The quantitative estimate of drug-likeness (QED) is 0.0627. The highest BCUT2D eigenvalue weighted by Gasteiger charge is 2.30. The van der Waals surface area contributed by atoms with Crippen molar-refractivity contribution in [2.24, 2.45) is 0 Å².